The van der Waals surface area contributed by atoms with Crippen LogP contribution in [0.4, 0.5) is 17.5 Å². The highest BCUT2D eigenvalue weighted by Gasteiger charge is 2.32. The Hall–Kier alpha value is -1.92. The molecule has 1 aliphatic carbocycles. The number of nitrogen functional groups attached to an aromatic ring is 1. The van der Waals surface area contributed by atoms with Crippen molar-refractivity contribution in [1.29, 1.82) is 0 Å². The lowest BCUT2D eigenvalue weighted by Crippen LogP contribution is -2.26. The number of aromatic nitrogens is 2. The molecule has 3 N–H and O–H groups in total. The second-order valence-corrected chi connectivity index (χ2v) is 5.13. The molecular formula is C12H19N5O2. The Morgan fingerprint density at radius 2 is 2.21 bits per heavy atom. The van der Waals surface area contributed by atoms with Crippen LogP contribution in [0.2, 0.25) is 0 Å². The van der Waals surface area contributed by atoms with Crippen LogP contribution in [0.1, 0.15) is 39.0 Å². The molecule has 0 aromatic carbocycles. The van der Waals surface area contributed by atoms with Crippen molar-refractivity contribution in [1.82, 2.24) is 9.97 Å². The Morgan fingerprint density at radius 3 is 2.79 bits per heavy atom. The number of nitrogens with two attached hydrogens (primary N) is 1. The average molecular weight is 265 g/mol. The quantitative estimate of drug-likeness (QED) is 0.625. The summed E-state index contributed by atoms with van der Waals surface area (Å²) in [4.78, 5) is 18.0. The van der Waals surface area contributed by atoms with E-state index in [0.717, 1.165) is 25.5 Å². The van der Waals surface area contributed by atoms with Crippen molar-refractivity contribution in [2.24, 2.45) is 5.41 Å². The van der Waals surface area contributed by atoms with Gasteiger partial charge in [0, 0.05) is 6.54 Å². The van der Waals surface area contributed by atoms with E-state index in [4.69, 9.17) is 5.73 Å². The van der Waals surface area contributed by atoms with Crippen molar-refractivity contribution >= 4 is 17.5 Å². The number of anilines is 2. The van der Waals surface area contributed by atoms with Gasteiger partial charge in [0.15, 0.2) is 0 Å². The lowest BCUT2D eigenvalue weighted by atomic mass is 9.83. The first kappa shape index (κ1) is 13.5. The Bertz CT molecular complexity index is 471. The van der Waals surface area contributed by atoms with Gasteiger partial charge >= 0.3 is 5.69 Å². The van der Waals surface area contributed by atoms with Crippen LogP contribution >= 0.6 is 0 Å². The Morgan fingerprint density at radius 1 is 1.53 bits per heavy atom. The molecule has 0 aliphatic heterocycles. The van der Waals surface area contributed by atoms with Crippen molar-refractivity contribution < 1.29 is 4.92 Å². The molecule has 0 spiro atoms. The van der Waals surface area contributed by atoms with Gasteiger partial charge in [0.1, 0.15) is 6.20 Å². The molecule has 1 fully saturated rings. The standard InChI is InChI=1S/C12H19N5O2/c1-2-12(5-3-4-6-12)8-15-10-9(17(18)19)7-14-11(13)16-10/h7H,2-6,8H2,1H3,(H3,13,14,15,16). The van der Waals surface area contributed by atoms with Gasteiger partial charge in [-0.2, -0.15) is 4.98 Å². The van der Waals surface area contributed by atoms with Gasteiger partial charge in [-0.1, -0.05) is 19.8 Å². The van der Waals surface area contributed by atoms with Gasteiger partial charge in [0.05, 0.1) is 4.92 Å². The molecule has 2 rings (SSSR count). The number of hydrogen-bond acceptors (Lipinski definition) is 6. The minimum atomic E-state index is -0.491. The predicted molar refractivity (Wildman–Crippen MR) is 72.8 cm³/mol. The van der Waals surface area contributed by atoms with E-state index in [1.807, 2.05) is 0 Å². The summed E-state index contributed by atoms with van der Waals surface area (Å²) in [5.41, 5.74) is 5.60. The lowest BCUT2D eigenvalue weighted by Gasteiger charge is -2.27. The molecule has 1 heterocycles. The summed E-state index contributed by atoms with van der Waals surface area (Å²) < 4.78 is 0. The maximum Gasteiger partial charge on any atom is 0.329 e. The van der Waals surface area contributed by atoms with Crippen molar-refractivity contribution in [2.75, 3.05) is 17.6 Å². The van der Waals surface area contributed by atoms with Gasteiger partial charge in [0.25, 0.3) is 0 Å². The zero-order chi connectivity index (χ0) is 13.9. The van der Waals surface area contributed by atoms with Crippen LogP contribution in [-0.2, 0) is 0 Å². The van der Waals surface area contributed by atoms with E-state index in [-0.39, 0.29) is 22.9 Å². The number of nitro groups is 1. The fourth-order valence-corrected chi connectivity index (χ4v) is 2.70. The molecule has 0 radical (unpaired) electrons. The summed E-state index contributed by atoms with van der Waals surface area (Å²) in [6.07, 6.45) is 6.98. The Labute approximate surface area is 111 Å². The molecule has 0 amide bonds. The average Bonchev–Trinajstić information content (AvgIpc) is 2.85. The second kappa shape index (κ2) is 5.38. The zero-order valence-electron chi connectivity index (χ0n) is 11.1. The van der Waals surface area contributed by atoms with Crippen molar-refractivity contribution in [3.63, 3.8) is 0 Å². The largest absolute Gasteiger partial charge is 0.368 e. The number of rotatable bonds is 5. The lowest BCUT2D eigenvalue weighted by molar-refractivity contribution is -0.384. The summed E-state index contributed by atoms with van der Waals surface area (Å²) in [6, 6.07) is 0. The molecule has 1 aromatic rings. The Kier molecular flexibility index (Phi) is 3.82. The highest BCUT2D eigenvalue weighted by atomic mass is 16.6. The number of hydrogen-bond donors (Lipinski definition) is 2. The summed E-state index contributed by atoms with van der Waals surface area (Å²) >= 11 is 0. The zero-order valence-corrected chi connectivity index (χ0v) is 11.1. The monoisotopic (exact) mass is 265 g/mol. The highest BCUT2D eigenvalue weighted by Crippen LogP contribution is 2.41. The summed E-state index contributed by atoms with van der Waals surface area (Å²) in [6.45, 7) is 2.86. The summed E-state index contributed by atoms with van der Waals surface area (Å²) in [7, 11) is 0. The highest BCUT2D eigenvalue weighted by molar-refractivity contribution is 5.56. The molecule has 1 saturated carbocycles. The summed E-state index contributed by atoms with van der Waals surface area (Å²) in [5.74, 6) is 0.266. The first-order valence-electron chi connectivity index (χ1n) is 6.57. The van der Waals surface area contributed by atoms with Crippen LogP contribution in [0.3, 0.4) is 0 Å². The first-order valence-corrected chi connectivity index (χ1v) is 6.57. The van der Waals surface area contributed by atoms with Crippen LogP contribution in [0, 0.1) is 15.5 Å². The van der Waals surface area contributed by atoms with Gasteiger partial charge in [0.2, 0.25) is 11.8 Å². The molecule has 1 aliphatic rings. The van der Waals surface area contributed by atoms with Crippen LogP contribution < -0.4 is 11.1 Å². The smallest absolute Gasteiger partial charge is 0.329 e. The van der Waals surface area contributed by atoms with E-state index in [1.54, 1.807) is 0 Å². The molecular weight excluding hydrogens is 246 g/mol. The third-order valence-corrected chi connectivity index (χ3v) is 4.03. The van der Waals surface area contributed by atoms with Crippen LogP contribution in [0.5, 0.6) is 0 Å². The second-order valence-electron chi connectivity index (χ2n) is 5.13. The topological polar surface area (TPSA) is 107 Å². The van der Waals surface area contributed by atoms with Gasteiger partial charge in [-0.15, -0.1) is 0 Å². The molecule has 0 bridgehead atoms. The van der Waals surface area contributed by atoms with Crippen molar-refractivity contribution in [2.45, 2.75) is 39.0 Å². The third kappa shape index (κ3) is 2.91. The number of nitrogens with one attached hydrogen (secondary N) is 1. The minimum absolute atomic E-state index is 0.0464. The fourth-order valence-electron chi connectivity index (χ4n) is 2.70. The minimum Gasteiger partial charge on any atom is -0.368 e. The van der Waals surface area contributed by atoms with Crippen molar-refractivity contribution in [3.05, 3.63) is 16.3 Å². The maximum atomic E-state index is 10.9. The molecule has 7 nitrogen and oxygen atoms in total. The Balaban J connectivity index is 2.14. The van der Waals surface area contributed by atoms with Crippen molar-refractivity contribution in [3.8, 4) is 0 Å². The molecule has 0 atom stereocenters. The van der Waals surface area contributed by atoms with E-state index < -0.39 is 4.92 Å². The molecule has 1 aromatic heterocycles. The number of nitrogens with zero attached hydrogens (tertiary/aromatic N) is 3. The van der Waals surface area contributed by atoms with Crippen LogP contribution in [0.15, 0.2) is 6.20 Å². The molecule has 104 valence electrons. The molecule has 0 unspecified atom stereocenters. The fraction of sp³-hybridized carbons (Fsp3) is 0.667. The first-order chi connectivity index (χ1) is 9.06. The van der Waals surface area contributed by atoms with Crippen LogP contribution in [-0.4, -0.2) is 21.4 Å². The molecule has 19 heavy (non-hydrogen) atoms. The predicted octanol–water partition coefficient (Wildman–Crippen LogP) is 2.35. The van der Waals surface area contributed by atoms with E-state index in [9.17, 15) is 10.1 Å². The van der Waals surface area contributed by atoms with Gasteiger partial charge in [-0.3, -0.25) is 10.1 Å². The van der Waals surface area contributed by atoms with E-state index in [0.29, 0.717) is 6.54 Å². The van der Waals surface area contributed by atoms with Crippen LogP contribution in [0.25, 0.3) is 0 Å². The third-order valence-electron chi connectivity index (χ3n) is 4.03. The van der Waals surface area contributed by atoms with E-state index in [2.05, 4.69) is 22.2 Å². The van der Waals surface area contributed by atoms with Gasteiger partial charge in [-0.05, 0) is 24.7 Å². The van der Waals surface area contributed by atoms with E-state index >= 15 is 0 Å². The molecule has 0 saturated heterocycles. The maximum absolute atomic E-state index is 10.9. The normalized spacial score (nSPS) is 17.3. The van der Waals surface area contributed by atoms with Gasteiger partial charge < -0.3 is 11.1 Å². The summed E-state index contributed by atoms with van der Waals surface area (Å²) in [5, 5.41) is 14.0. The molecule has 7 heteroatoms. The van der Waals surface area contributed by atoms with Gasteiger partial charge in [-0.25, -0.2) is 4.98 Å². The SMILES string of the molecule is CCC1(CNc2nc(N)ncc2[N+](=O)[O-])CCCC1. The van der Waals surface area contributed by atoms with E-state index in [1.165, 1.54) is 12.8 Å².